The molecule has 3 rings (SSSR count). The number of aryl methyl sites for hydroxylation is 1. The standard InChI is InChI=1S/C46H77NO6Si2/c1-33(2)55(34(3)4,35(5)6)51-40-28-38(9)41(48-16)39(29-40)22-21-37(8)31-45(32-47,53-54(17,18)42(10,11)12)30-36(7)20-19-23-44(15)46(49-26-27-50-46)25-24-43(13,14)52-44/h21,24-25,28-30,33-35H,19-20,22-23,26-27,31H2,1-18H3/b36-30+,37-21+/t44-,45?/m1/s1. The summed E-state index contributed by atoms with van der Waals surface area (Å²) in [5.41, 5.74) is 3.61. The molecule has 2 atom stereocenters. The first kappa shape index (κ1) is 47.2. The Bertz CT molecular complexity index is 1580. The number of hydrogen-bond acceptors (Lipinski definition) is 7. The van der Waals surface area contributed by atoms with Crippen LogP contribution in [0.3, 0.4) is 0 Å². The molecule has 0 aliphatic carbocycles. The van der Waals surface area contributed by atoms with E-state index in [1.54, 1.807) is 7.11 Å². The van der Waals surface area contributed by atoms with Crippen molar-refractivity contribution in [1.29, 1.82) is 5.26 Å². The molecular formula is C46H77NO6Si2. The van der Waals surface area contributed by atoms with Crippen molar-refractivity contribution < 1.29 is 27.8 Å². The van der Waals surface area contributed by atoms with E-state index in [1.165, 1.54) is 0 Å². The van der Waals surface area contributed by atoms with Gasteiger partial charge in [-0.25, -0.2) is 0 Å². The van der Waals surface area contributed by atoms with Gasteiger partial charge in [0.15, 0.2) is 13.9 Å². The zero-order valence-corrected chi connectivity index (χ0v) is 40.0. The summed E-state index contributed by atoms with van der Waals surface area (Å²) < 4.78 is 39.2. The van der Waals surface area contributed by atoms with Gasteiger partial charge in [0.2, 0.25) is 5.79 Å². The molecule has 9 heteroatoms. The summed E-state index contributed by atoms with van der Waals surface area (Å²) >= 11 is 0. The Morgan fingerprint density at radius 3 is 2.04 bits per heavy atom. The van der Waals surface area contributed by atoms with Crippen molar-refractivity contribution in [2.24, 2.45) is 0 Å². The average Bonchev–Trinajstić information content (AvgIpc) is 3.54. The Labute approximate surface area is 338 Å². The molecule has 0 bridgehead atoms. The molecule has 1 aromatic rings. The molecule has 0 radical (unpaired) electrons. The van der Waals surface area contributed by atoms with E-state index in [0.717, 1.165) is 53.0 Å². The number of allylic oxidation sites excluding steroid dienone is 2. The zero-order valence-electron chi connectivity index (χ0n) is 38.0. The van der Waals surface area contributed by atoms with Gasteiger partial charge in [0.25, 0.3) is 8.32 Å². The first-order valence-corrected chi connectivity index (χ1v) is 25.8. The molecule has 1 saturated heterocycles. The van der Waals surface area contributed by atoms with Crippen molar-refractivity contribution in [2.45, 2.75) is 193 Å². The third-order valence-corrected chi connectivity index (χ3v) is 23.0. The summed E-state index contributed by atoms with van der Waals surface area (Å²) in [7, 11) is -2.77. The highest BCUT2D eigenvalue weighted by Gasteiger charge is 2.56. The number of nitrogens with zero attached hydrogens (tertiary/aromatic N) is 1. The number of methoxy groups -OCH3 is 1. The van der Waals surface area contributed by atoms with Crippen LogP contribution in [0.15, 0.2) is 47.6 Å². The fourth-order valence-electron chi connectivity index (χ4n) is 8.86. The summed E-state index contributed by atoms with van der Waals surface area (Å²) in [5.74, 6) is 0.934. The monoisotopic (exact) mass is 796 g/mol. The van der Waals surface area contributed by atoms with Gasteiger partial charge in [0, 0.05) is 12.0 Å². The van der Waals surface area contributed by atoms with Gasteiger partial charge in [-0.05, 0) is 132 Å². The minimum Gasteiger partial charge on any atom is -0.543 e. The fourth-order valence-corrected chi connectivity index (χ4v) is 15.5. The predicted molar refractivity (Wildman–Crippen MR) is 233 cm³/mol. The molecular weight excluding hydrogens is 719 g/mol. The lowest BCUT2D eigenvalue weighted by Crippen LogP contribution is -2.59. The number of hydrogen-bond donors (Lipinski definition) is 0. The molecule has 1 spiro atoms. The Hall–Kier alpha value is -2.20. The van der Waals surface area contributed by atoms with Crippen LogP contribution in [0.1, 0.15) is 134 Å². The second-order valence-electron chi connectivity index (χ2n) is 19.6. The number of ether oxygens (including phenoxy) is 4. The van der Waals surface area contributed by atoms with Crippen molar-refractivity contribution in [3.8, 4) is 17.6 Å². The molecule has 55 heavy (non-hydrogen) atoms. The lowest BCUT2D eigenvalue weighted by Gasteiger charge is -2.49. The van der Waals surface area contributed by atoms with Crippen LogP contribution in [0.25, 0.3) is 0 Å². The van der Waals surface area contributed by atoms with Gasteiger partial charge < -0.3 is 27.8 Å². The minimum absolute atomic E-state index is 0.0663. The predicted octanol–water partition coefficient (Wildman–Crippen LogP) is 12.7. The van der Waals surface area contributed by atoms with E-state index < -0.39 is 39.2 Å². The Balaban J connectivity index is 1.94. The lowest BCUT2D eigenvalue weighted by molar-refractivity contribution is -0.285. The van der Waals surface area contributed by atoms with E-state index in [1.807, 2.05) is 12.2 Å². The van der Waals surface area contributed by atoms with E-state index in [9.17, 15) is 5.26 Å². The van der Waals surface area contributed by atoms with E-state index in [2.05, 4.69) is 147 Å². The molecule has 2 aliphatic rings. The molecule has 0 N–H and O–H groups in total. The first-order valence-electron chi connectivity index (χ1n) is 20.7. The molecule has 0 aromatic heterocycles. The number of nitriles is 1. The Kier molecular flexibility index (Phi) is 15.2. The molecule has 1 unspecified atom stereocenters. The van der Waals surface area contributed by atoms with Crippen LogP contribution >= 0.6 is 0 Å². The highest BCUT2D eigenvalue weighted by Crippen LogP contribution is 2.47. The average molecular weight is 796 g/mol. The highest BCUT2D eigenvalue weighted by molar-refractivity contribution is 6.78. The smallest absolute Gasteiger partial charge is 0.258 e. The zero-order chi connectivity index (χ0) is 41.8. The van der Waals surface area contributed by atoms with Crippen LogP contribution in [0.2, 0.25) is 34.8 Å². The summed E-state index contributed by atoms with van der Waals surface area (Å²) in [5, 5.41) is 11.0. The van der Waals surface area contributed by atoms with Gasteiger partial charge in [-0.2, -0.15) is 5.26 Å². The van der Waals surface area contributed by atoms with Crippen LogP contribution in [0.5, 0.6) is 11.5 Å². The van der Waals surface area contributed by atoms with Gasteiger partial charge in [-0.3, -0.25) is 0 Å². The third-order valence-electron chi connectivity index (χ3n) is 12.5. The SMILES string of the molecule is COc1c(C)cc(O[Si](C(C)C)(C(C)C)C(C)C)cc1C/C=C(\C)CC(C#N)(/C=C(\C)CCC[C@@]1(C)OC(C)(C)C=CC12OCCO2)O[Si](C)(C)C(C)(C)C. The van der Waals surface area contributed by atoms with Crippen molar-refractivity contribution >= 4 is 16.6 Å². The normalized spacial score (nSPS) is 21.7. The van der Waals surface area contributed by atoms with E-state index in [0.29, 0.717) is 42.7 Å². The molecule has 7 nitrogen and oxygen atoms in total. The van der Waals surface area contributed by atoms with Crippen LogP contribution in [-0.2, 0) is 25.1 Å². The van der Waals surface area contributed by atoms with Crippen molar-refractivity contribution in [1.82, 2.24) is 0 Å². The van der Waals surface area contributed by atoms with Crippen LogP contribution in [-0.4, -0.2) is 59.5 Å². The first-order chi connectivity index (χ1) is 25.2. The molecule has 1 fully saturated rings. The molecule has 2 aliphatic heterocycles. The van der Waals surface area contributed by atoms with Gasteiger partial charge >= 0.3 is 0 Å². The van der Waals surface area contributed by atoms with Gasteiger partial charge in [-0.15, -0.1) is 0 Å². The van der Waals surface area contributed by atoms with Crippen molar-refractivity contribution in [3.63, 3.8) is 0 Å². The van der Waals surface area contributed by atoms with Crippen LogP contribution < -0.4 is 9.16 Å². The maximum Gasteiger partial charge on any atom is 0.258 e. The van der Waals surface area contributed by atoms with E-state index in [4.69, 9.17) is 27.8 Å². The Morgan fingerprint density at radius 1 is 0.945 bits per heavy atom. The third kappa shape index (κ3) is 10.7. The quantitative estimate of drug-likeness (QED) is 0.115. The highest BCUT2D eigenvalue weighted by atomic mass is 28.4. The lowest BCUT2D eigenvalue weighted by atomic mass is 9.83. The van der Waals surface area contributed by atoms with Gasteiger partial charge in [-0.1, -0.05) is 85.6 Å². The molecule has 1 aromatic carbocycles. The molecule has 2 heterocycles. The number of benzene rings is 1. The summed E-state index contributed by atoms with van der Waals surface area (Å²) in [6, 6.07) is 7.00. The van der Waals surface area contributed by atoms with Crippen LogP contribution in [0, 0.1) is 18.3 Å². The maximum absolute atomic E-state index is 11.0. The summed E-state index contributed by atoms with van der Waals surface area (Å²) in [6.07, 6.45) is 11.9. The van der Waals surface area contributed by atoms with Gasteiger partial charge in [0.05, 0.1) is 25.9 Å². The van der Waals surface area contributed by atoms with Crippen molar-refractivity contribution in [3.05, 3.63) is 58.7 Å². The van der Waals surface area contributed by atoms with Crippen LogP contribution in [0.4, 0.5) is 0 Å². The van der Waals surface area contributed by atoms with Crippen molar-refractivity contribution in [2.75, 3.05) is 20.3 Å². The maximum atomic E-state index is 11.0. The van der Waals surface area contributed by atoms with E-state index in [-0.39, 0.29) is 5.04 Å². The second-order valence-corrected chi connectivity index (χ2v) is 29.7. The molecule has 310 valence electrons. The molecule has 0 saturated carbocycles. The number of rotatable bonds is 17. The largest absolute Gasteiger partial charge is 0.543 e. The van der Waals surface area contributed by atoms with E-state index >= 15 is 0 Å². The summed E-state index contributed by atoms with van der Waals surface area (Å²) in [4.78, 5) is 0. The minimum atomic E-state index is -2.36. The summed E-state index contributed by atoms with van der Waals surface area (Å²) in [6.45, 7) is 38.7. The Morgan fingerprint density at radius 2 is 1.53 bits per heavy atom. The fraction of sp³-hybridized carbons (Fsp3) is 0.717. The van der Waals surface area contributed by atoms with Gasteiger partial charge in [0.1, 0.15) is 23.2 Å². The topological polar surface area (TPSA) is 79.2 Å². The second kappa shape index (κ2) is 17.7. The molecule has 0 amide bonds.